The van der Waals surface area contributed by atoms with Gasteiger partial charge in [0.15, 0.2) is 5.82 Å². The Hall–Kier alpha value is -3.62. The van der Waals surface area contributed by atoms with Crippen LogP contribution in [0.25, 0.3) is 17.1 Å². The first kappa shape index (κ1) is 21.6. The Balaban J connectivity index is 1.72. The molecule has 1 aromatic heterocycles. The number of aromatic nitrogens is 3. The number of rotatable bonds is 5. The normalized spacial score (nSPS) is 11.2. The third-order valence-electron chi connectivity index (χ3n) is 4.36. The Morgan fingerprint density at radius 3 is 2.28 bits per heavy atom. The molecule has 0 aliphatic heterocycles. The van der Waals surface area contributed by atoms with Crippen molar-refractivity contribution in [2.24, 2.45) is 5.10 Å². The zero-order valence-corrected chi connectivity index (χ0v) is 18.5. The number of thioether (sulfide) groups is 1. The number of carbonyl (C=O) groups is 1. The molecule has 1 N–H and O–H groups in total. The van der Waals surface area contributed by atoms with E-state index >= 15 is 0 Å². The van der Waals surface area contributed by atoms with Gasteiger partial charge in [-0.15, -0.1) is 10.2 Å². The summed E-state index contributed by atoms with van der Waals surface area (Å²) in [6.45, 7) is 0. The van der Waals surface area contributed by atoms with Gasteiger partial charge in [0, 0.05) is 16.3 Å². The number of hydrogen-bond donors (Lipinski definition) is 1. The highest BCUT2D eigenvalue weighted by molar-refractivity contribution is 8.15. The van der Waals surface area contributed by atoms with Gasteiger partial charge < -0.3 is 4.74 Å². The van der Waals surface area contributed by atoms with E-state index in [1.54, 1.807) is 24.3 Å². The maximum Gasteiger partial charge on any atom is 0.365 e. The molecule has 32 heavy (non-hydrogen) atoms. The molecule has 4 rings (SSSR count). The van der Waals surface area contributed by atoms with Crippen LogP contribution < -0.4 is 5.43 Å². The molecule has 4 aromatic rings. The lowest BCUT2D eigenvalue weighted by atomic mass is 10.2. The molecule has 0 fully saturated rings. The number of carbonyl (C=O) groups excluding carboxylic acids is 1. The Morgan fingerprint density at radius 2 is 1.62 bits per heavy atom. The number of anilines is 1. The van der Waals surface area contributed by atoms with Gasteiger partial charge in [-0.2, -0.15) is 5.10 Å². The van der Waals surface area contributed by atoms with Crippen LogP contribution in [-0.4, -0.2) is 32.9 Å². The quantitative estimate of drug-likeness (QED) is 0.142. The Labute approximate surface area is 194 Å². The fourth-order valence-corrected chi connectivity index (χ4v) is 3.77. The van der Waals surface area contributed by atoms with Gasteiger partial charge in [-0.3, -0.25) is 9.99 Å². The maximum atomic E-state index is 12.4. The highest BCUT2D eigenvalue weighted by Crippen LogP contribution is 2.29. The van der Waals surface area contributed by atoms with Crippen LogP contribution in [0.3, 0.4) is 0 Å². The zero-order valence-electron chi connectivity index (χ0n) is 17.0. The molecule has 0 aliphatic rings. The SMILES string of the molecule is COC(=O)/C(=N\Nc1ccc(Cl)cc1)Sc1nnc(-c2ccccc2)n1-c1ccccc1. The molecule has 9 heteroatoms. The standard InChI is InChI=1S/C23H18ClN5O2S/c1-31-22(30)21(27-25-18-14-12-17(24)13-15-18)32-23-28-26-20(16-8-4-2-5-9-16)29(23)19-10-6-3-7-11-19/h2-15,25H,1H3/b27-21+. The first-order valence-electron chi connectivity index (χ1n) is 9.57. The van der Waals surface area contributed by atoms with Gasteiger partial charge in [-0.1, -0.05) is 60.1 Å². The number of esters is 1. The van der Waals surface area contributed by atoms with Crippen molar-refractivity contribution in [3.63, 3.8) is 0 Å². The molecule has 0 radical (unpaired) electrons. The van der Waals surface area contributed by atoms with E-state index in [9.17, 15) is 4.79 Å². The Kier molecular flexibility index (Phi) is 6.84. The van der Waals surface area contributed by atoms with Crippen molar-refractivity contribution in [3.05, 3.63) is 90.0 Å². The minimum atomic E-state index is -0.597. The first-order chi connectivity index (χ1) is 15.7. The molecular formula is C23H18ClN5O2S. The minimum absolute atomic E-state index is 0.0756. The predicted octanol–water partition coefficient (Wildman–Crippen LogP) is 5.28. The second kappa shape index (κ2) is 10.1. The third kappa shape index (κ3) is 4.99. The fraction of sp³-hybridized carbons (Fsp3) is 0.0435. The molecule has 0 spiro atoms. The van der Waals surface area contributed by atoms with Crippen molar-refractivity contribution in [2.75, 3.05) is 12.5 Å². The molecule has 0 unspecified atom stereocenters. The fourth-order valence-electron chi connectivity index (χ4n) is 2.84. The summed E-state index contributed by atoms with van der Waals surface area (Å²) in [6.07, 6.45) is 0. The molecule has 7 nitrogen and oxygen atoms in total. The van der Waals surface area contributed by atoms with Gasteiger partial charge in [0.05, 0.1) is 12.8 Å². The first-order valence-corrected chi connectivity index (χ1v) is 10.8. The molecule has 1 heterocycles. The summed E-state index contributed by atoms with van der Waals surface area (Å²) in [4.78, 5) is 12.4. The van der Waals surface area contributed by atoms with Crippen LogP contribution in [0.4, 0.5) is 5.69 Å². The van der Waals surface area contributed by atoms with Crippen LogP contribution >= 0.6 is 23.4 Å². The van der Waals surface area contributed by atoms with Crippen molar-refractivity contribution < 1.29 is 9.53 Å². The van der Waals surface area contributed by atoms with Crippen molar-refractivity contribution in [2.45, 2.75) is 5.16 Å². The molecular weight excluding hydrogens is 446 g/mol. The molecule has 0 bridgehead atoms. The molecule has 3 aromatic carbocycles. The van der Waals surface area contributed by atoms with E-state index in [-0.39, 0.29) is 5.04 Å². The predicted molar refractivity (Wildman–Crippen MR) is 127 cm³/mol. The van der Waals surface area contributed by atoms with Crippen LogP contribution in [0.2, 0.25) is 5.02 Å². The third-order valence-corrected chi connectivity index (χ3v) is 5.51. The van der Waals surface area contributed by atoms with Crippen LogP contribution in [0.5, 0.6) is 0 Å². The van der Waals surface area contributed by atoms with E-state index in [1.807, 2.05) is 65.2 Å². The van der Waals surface area contributed by atoms with E-state index < -0.39 is 5.97 Å². The number of benzene rings is 3. The van der Waals surface area contributed by atoms with E-state index in [0.29, 0.717) is 21.7 Å². The minimum Gasteiger partial charge on any atom is -0.464 e. The van der Waals surface area contributed by atoms with Crippen molar-refractivity contribution >= 4 is 40.1 Å². The van der Waals surface area contributed by atoms with Gasteiger partial charge in [-0.05, 0) is 48.2 Å². The molecule has 0 amide bonds. The monoisotopic (exact) mass is 463 g/mol. The summed E-state index contributed by atoms with van der Waals surface area (Å²) >= 11 is 6.98. The lowest BCUT2D eigenvalue weighted by Gasteiger charge is -2.11. The number of hydrogen-bond acceptors (Lipinski definition) is 7. The number of methoxy groups -OCH3 is 1. The summed E-state index contributed by atoms with van der Waals surface area (Å²) in [7, 11) is 1.30. The molecule has 0 aliphatic carbocycles. The van der Waals surface area contributed by atoms with Gasteiger partial charge in [0.2, 0.25) is 10.2 Å². The smallest absolute Gasteiger partial charge is 0.365 e. The molecule has 0 saturated carbocycles. The number of nitrogens with one attached hydrogen (secondary N) is 1. The molecule has 160 valence electrons. The van der Waals surface area contributed by atoms with E-state index in [1.165, 1.54) is 7.11 Å². The highest BCUT2D eigenvalue weighted by atomic mass is 35.5. The Morgan fingerprint density at radius 1 is 0.969 bits per heavy atom. The van der Waals surface area contributed by atoms with E-state index in [2.05, 4.69) is 20.7 Å². The van der Waals surface area contributed by atoms with Gasteiger partial charge in [-0.25, -0.2) is 4.79 Å². The second-order valence-electron chi connectivity index (χ2n) is 6.47. The lowest BCUT2D eigenvalue weighted by molar-refractivity contribution is -0.132. The van der Waals surface area contributed by atoms with E-state index in [0.717, 1.165) is 23.0 Å². The maximum absolute atomic E-state index is 12.4. The summed E-state index contributed by atoms with van der Waals surface area (Å²) in [5.41, 5.74) is 5.28. The van der Waals surface area contributed by atoms with Crippen LogP contribution in [0, 0.1) is 0 Å². The summed E-state index contributed by atoms with van der Waals surface area (Å²) < 4.78 is 6.80. The number of ether oxygens (including phenoxy) is 1. The van der Waals surface area contributed by atoms with Gasteiger partial charge in [0.25, 0.3) is 0 Å². The number of halogens is 1. The highest BCUT2D eigenvalue weighted by Gasteiger charge is 2.22. The van der Waals surface area contributed by atoms with Crippen LogP contribution in [0.1, 0.15) is 0 Å². The summed E-state index contributed by atoms with van der Waals surface area (Å²) in [5, 5.41) is 14.1. The lowest BCUT2D eigenvalue weighted by Crippen LogP contribution is -2.15. The molecule has 0 atom stereocenters. The molecule has 0 saturated heterocycles. The van der Waals surface area contributed by atoms with Gasteiger partial charge >= 0.3 is 5.97 Å². The average Bonchev–Trinajstić information content (AvgIpc) is 3.27. The van der Waals surface area contributed by atoms with Gasteiger partial charge in [0.1, 0.15) is 0 Å². The zero-order chi connectivity index (χ0) is 22.3. The Bertz CT molecular complexity index is 1230. The van der Waals surface area contributed by atoms with Crippen molar-refractivity contribution in [1.82, 2.24) is 14.8 Å². The average molecular weight is 464 g/mol. The van der Waals surface area contributed by atoms with Crippen molar-refractivity contribution in [3.8, 4) is 17.1 Å². The van der Waals surface area contributed by atoms with Crippen LogP contribution in [0.15, 0.2) is 95.2 Å². The number of para-hydroxylation sites is 1. The summed E-state index contributed by atoms with van der Waals surface area (Å²) in [5.74, 6) is 0.0505. The number of hydrazone groups is 1. The van der Waals surface area contributed by atoms with E-state index in [4.69, 9.17) is 16.3 Å². The summed E-state index contributed by atoms with van der Waals surface area (Å²) in [6, 6.07) is 26.3. The van der Waals surface area contributed by atoms with Crippen LogP contribution in [-0.2, 0) is 9.53 Å². The largest absolute Gasteiger partial charge is 0.464 e. The number of nitrogens with zero attached hydrogens (tertiary/aromatic N) is 4. The van der Waals surface area contributed by atoms with Crippen molar-refractivity contribution in [1.29, 1.82) is 0 Å². The second-order valence-corrected chi connectivity index (χ2v) is 7.86. The topological polar surface area (TPSA) is 81.4 Å².